The van der Waals surface area contributed by atoms with Crippen LogP contribution >= 0.6 is 0 Å². The lowest BCUT2D eigenvalue weighted by Gasteiger charge is -2.64. The maximum absolute atomic E-state index is 7.13. The highest BCUT2D eigenvalue weighted by Gasteiger charge is 2.66. The SMILES string of the molecule is C=CCC(CCN)NCCCN(CCCCCCCC)CCC[C@@H](C)C1CC[C@H]2C3[C@H](C[C@H](OCCCN)C12C)C1CC[C@@H](OCCCN)CC1(C)C[C@H]3OCCCN. The molecule has 59 heavy (non-hydrogen) atoms. The van der Waals surface area contributed by atoms with E-state index in [1.807, 2.05) is 6.08 Å². The zero-order chi connectivity index (χ0) is 42.5. The lowest BCUT2D eigenvalue weighted by atomic mass is 9.44. The van der Waals surface area contributed by atoms with Crippen molar-refractivity contribution < 1.29 is 14.2 Å². The molecule has 346 valence electrons. The molecule has 0 radical (unpaired) electrons. The molecular weight excluding hydrogens is 733 g/mol. The molecule has 9 nitrogen and oxygen atoms in total. The number of ether oxygens (including phenoxy) is 3. The van der Waals surface area contributed by atoms with E-state index in [0.717, 1.165) is 77.9 Å². The molecule has 9 N–H and O–H groups in total. The molecule has 4 rings (SSSR count). The van der Waals surface area contributed by atoms with E-state index in [1.165, 1.54) is 110 Å². The first-order valence-electron chi connectivity index (χ1n) is 25.4. The number of fused-ring (bicyclic) bond motifs is 5. The van der Waals surface area contributed by atoms with E-state index in [4.69, 9.17) is 37.1 Å². The van der Waals surface area contributed by atoms with Crippen molar-refractivity contribution in [2.24, 2.45) is 69.3 Å². The van der Waals surface area contributed by atoms with E-state index in [1.54, 1.807) is 0 Å². The van der Waals surface area contributed by atoms with Gasteiger partial charge in [-0.05, 0) is 196 Å². The predicted octanol–water partition coefficient (Wildman–Crippen LogP) is 8.42. The monoisotopic (exact) mass is 831 g/mol. The van der Waals surface area contributed by atoms with Crippen molar-refractivity contribution >= 4 is 0 Å². The van der Waals surface area contributed by atoms with Crippen LogP contribution in [0.2, 0.25) is 0 Å². The van der Waals surface area contributed by atoms with Gasteiger partial charge in [0.25, 0.3) is 0 Å². The highest BCUT2D eigenvalue weighted by atomic mass is 16.5. The average molecular weight is 831 g/mol. The Morgan fingerprint density at radius 1 is 0.729 bits per heavy atom. The molecule has 4 fully saturated rings. The first-order valence-corrected chi connectivity index (χ1v) is 25.4. The van der Waals surface area contributed by atoms with Crippen LogP contribution in [-0.4, -0.2) is 101 Å². The van der Waals surface area contributed by atoms with E-state index in [9.17, 15) is 0 Å². The second-order valence-corrected chi connectivity index (χ2v) is 20.4. The number of nitrogens with two attached hydrogens (primary N) is 4. The summed E-state index contributed by atoms with van der Waals surface area (Å²) in [7, 11) is 0. The Labute approximate surface area is 364 Å². The van der Waals surface area contributed by atoms with Crippen molar-refractivity contribution in [3.63, 3.8) is 0 Å². The number of nitrogens with zero attached hydrogens (tertiary/aromatic N) is 1. The third-order valence-electron chi connectivity index (χ3n) is 16.3. The van der Waals surface area contributed by atoms with Gasteiger partial charge in [-0.3, -0.25) is 0 Å². The van der Waals surface area contributed by atoms with Crippen molar-refractivity contribution in [2.75, 3.05) is 72.2 Å². The molecule has 6 unspecified atom stereocenters. The number of unbranched alkanes of at least 4 members (excludes halogenated alkanes) is 5. The van der Waals surface area contributed by atoms with E-state index in [2.05, 4.69) is 44.5 Å². The van der Waals surface area contributed by atoms with Crippen molar-refractivity contribution in [3.8, 4) is 0 Å². The van der Waals surface area contributed by atoms with Gasteiger partial charge >= 0.3 is 0 Å². The zero-order valence-electron chi connectivity index (χ0n) is 39.2. The van der Waals surface area contributed by atoms with Crippen LogP contribution in [0, 0.1) is 46.3 Å². The summed E-state index contributed by atoms with van der Waals surface area (Å²) in [5, 5.41) is 3.78. The van der Waals surface area contributed by atoms with E-state index < -0.39 is 0 Å². The van der Waals surface area contributed by atoms with Crippen LogP contribution in [0.25, 0.3) is 0 Å². The largest absolute Gasteiger partial charge is 0.378 e. The molecule has 0 heterocycles. The van der Waals surface area contributed by atoms with Crippen LogP contribution in [0.1, 0.15) is 163 Å². The standard InChI is InChI=1S/C50H98N6O3/c1-6-8-9-10-11-12-30-56(32-17-29-55-40(18-7-2)24-28-54)31-13-19-39(3)43-22-23-45-48-42(36-47(50(43,45)5)59-35-16-27-53)44-21-20-41(57-33-14-25-51)37-49(44,4)38-46(48)58-34-15-26-52/h7,39-48,55H,2,6,8-38,51-54H2,1,3-5H3/t39-,40?,41-,42-,43?,44?,45+,46-,47+,48?,49?,50?/m1/s1. The number of hydrogen-bond acceptors (Lipinski definition) is 9. The molecular formula is C50H98N6O3. The minimum atomic E-state index is 0.149. The molecule has 0 saturated heterocycles. The molecule has 9 heteroatoms. The van der Waals surface area contributed by atoms with E-state index in [0.29, 0.717) is 67.3 Å². The third-order valence-corrected chi connectivity index (χ3v) is 16.3. The first kappa shape index (κ1) is 51.0. The van der Waals surface area contributed by atoms with Gasteiger partial charge in [0.2, 0.25) is 0 Å². The Balaban J connectivity index is 1.46. The number of rotatable bonds is 33. The molecule has 0 aromatic heterocycles. The maximum Gasteiger partial charge on any atom is 0.0637 e. The summed E-state index contributed by atoms with van der Waals surface area (Å²) in [6, 6.07) is 0.451. The summed E-state index contributed by atoms with van der Waals surface area (Å²) in [6.45, 7) is 23.9. The minimum Gasteiger partial charge on any atom is -0.378 e. The average Bonchev–Trinajstić information content (AvgIpc) is 3.58. The van der Waals surface area contributed by atoms with Gasteiger partial charge in [0.05, 0.1) is 18.3 Å². The predicted molar refractivity (Wildman–Crippen MR) is 249 cm³/mol. The smallest absolute Gasteiger partial charge is 0.0637 e. The van der Waals surface area contributed by atoms with Crippen molar-refractivity contribution in [2.45, 2.75) is 187 Å². The van der Waals surface area contributed by atoms with Gasteiger partial charge in [0.15, 0.2) is 0 Å². The first-order chi connectivity index (χ1) is 28.7. The summed E-state index contributed by atoms with van der Waals surface area (Å²) in [5.74, 6) is 3.88. The fourth-order valence-corrected chi connectivity index (χ4v) is 13.3. The summed E-state index contributed by atoms with van der Waals surface area (Å²) in [5.41, 5.74) is 24.2. The highest BCUT2D eigenvalue weighted by Crippen LogP contribution is 2.68. The van der Waals surface area contributed by atoms with E-state index in [-0.39, 0.29) is 23.0 Å². The minimum absolute atomic E-state index is 0.149. The fourth-order valence-electron chi connectivity index (χ4n) is 13.3. The maximum atomic E-state index is 7.13. The van der Waals surface area contributed by atoms with Crippen LogP contribution < -0.4 is 28.3 Å². The topological polar surface area (TPSA) is 147 Å². The molecule has 0 aliphatic heterocycles. The normalized spacial score (nSPS) is 32.8. The van der Waals surface area contributed by atoms with Gasteiger partial charge < -0.3 is 47.4 Å². The molecule has 4 aliphatic carbocycles. The van der Waals surface area contributed by atoms with Crippen molar-refractivity contribution in [3.05, 3.63) is 12.7 Å². The Hall–Kier alpha value is -0.620. The van der Waals surface area contributed by atoms with Crippen molar-refractivity contribution in [1.29, 1.82) is 0 Å². The molecule has 0 aromatic carbocycles. The second kappa shape index (κ2) is 27.5. The van der Waals surface area contributed by atoms with Crippen LogP contribution in [0.4, 0.5) is 0 Å². The van der Waals surface area contributed by atoms with Crippen LogP contribution in [0.3, 0.4) is 0 Å². The Morgan fingerprint density at radius 2 is 1.39 bits per heavy atom. The molecule has 12 atom stereocenters. The Kier molecular flexibility index (Phi) is 23.8. The lowest BCUT2D eigenvalue weighted by molar-refractivity contribution is -0.221. The van der Waals surface area contributed by atoms with Gasteiger partial charge in [0, 0.05) is 31.3 Å². The van der Waals surface area contributed by atoms with Gasteiger partial charge in [-0.25, -0.2) is 0 Å². The van der Waals surface area contributed by atoms with Gasteiger partial charge in [-0.1, -0.05) is 65.9 Å². The molecule has 4 aliphatic rings. The summed E-state index contributed by atoms with van der Waals surface area (Å²) < 4.78 is 20.6. The Morgan fingerprint density at radius 3 is 2.10 bits per heavy atom. The van der Waals surface area contributed by atoms with Gasteiger partial charge in [-0.15, -0.1) is 6.58 Å². The fraction of sp³-hybridized carbons (Fsp3) is 0.960. The van der Waals surface area contributed by atoms with Crippen LogP contribution in [0.15, 0.2) is 12.7 Å². The molecule has 0 aromatic rings. The quantitative estimate of drug-likeness (QED) is 0.0325. The summed E-state index contributed by atoms with van der Waals surface area (Å²) in [6.07, 6.45) is 28.1. The van der Waals surface area contributed by atoms with Crippen LogP contribution in [0.5, 0.6) is 0 Å². The van der Waals surface area contributed by atoms with Gasteiger partial charge in [0.1, 0.15) is 0 Å². The van der Waals surface area contributed by atoms with Crippen molar-refractivity contribution in [1.82, 2.24) is 10.2 Å². The second-order valence-electron chi connectivity index (χ2n) is 20.4. The molecule has 0 amide bonds. The molecule has 0 bridgehead atoms. The highest BCUT2D eigenvalue weighted by molar-refractivity contribution is 5.14. The van der Waals surface area contributed by atoms with Gasteiger partial charge in [-0.2, -0.15) is 0 Å². The Bertz CT molecular complexity index is 1120. The summed E-state index contributed by atoms with van der Waals surface area (Å²) in [4.78, 5) is 2.79. The van der Waals surface area contributed by atoms with Crippen LogP contribution in [-0.2, 0) is 14.2 Å². The zero-order valence-corrected chi connectivity index (χ0v) is 39.2. The number of hydrogen-bond donors (Lipinski definition) is 5. The summed E-state index contributed by atoms with van der Waals surface area (Å²) >= 11 is 0. The molecule has 4 saturated carbocycles. The lowest BCUT2D eigenvalue weighted by Crippen LogP contribution is -2.62. The molecule has 0 spiro atoms. The third kappa shape index (κ3) is 14.7. The van der Waals surface area contributed by atoms with E-state index >= 15 is 0 Å². The number of nitrogens with one attached hydrogen (secondary N) is 1.